The molecule has 1 amide bonds. The summed E-state index contributed by atoms with van der Waals surface area (Å²) in [5.41, 5.74) is 0.480. The van der Waals surface area contributed by atoms with Crippen molar-refractivity contribution < 1.29 is 26.4 Å². The van der Waals surface area contributed by atoms with Crippen molar-refractivity contribution in [2.24, 2.45) is 0 Å². The number of ether oxygens (including phenoxy) is 1. The summed E-state index contributed by atoms with van der Waals surface area (Å²) in [6, 6.07) is 18.6. The monoisotopic (exact) mass is 587 g/mol. The smallest absolute Gasteiger partial charge is 0.264 e. The molecule has 0 atom stereocenters. The number of benzene rings is 3. The van der Waals surface area contributed by atoms with E-state index in [4.69, 9.17) is 16.3 Å². The topological polar surface area (TPSA) is 148 Å². The molecule has 0 saturated carbocycles. The first-order valence-electron chi connectivity index (χ1n) is 11.2. The zero-order chi connectivity index (χ0) is 28.0. The Bertz CT molecular complexity index is 1650. The van der Waals surface area contributed by atoms with Crippen LogP contribution in [0.2, 0.25) is 5.02 Å². The van der Waals surface area contributed by atoms with E-state index in [1.807, 2.05) is 0 Å². The molecule has 0 aliphatic heterocycles. The maximum Gasteiger partial charge on any atom is 0.264 e. The van der Waals surface area contributed by atoms with Crippen molar-refractivity contribution in [3.63, 3.8) is 0 Å². The fraction of sp³-hybridized carbons (Fsp3) is 0.0800. The number of halogens is 1. The molecule has 4 aromatic rings. The molecular weight excluding hydrogens is 566 g/mol. The maximum absolute atomic E-state index is 13.5. The summed E-state index contributed by atoms with van der Waals surface area (Å²) in [5, 5.41) is 2.99. The third-order valence-electron chi connectivity index (χ3n) is 5.29. The standard InChI is InChI=1S/C25H22ClN5O6S2/c1-37-21-9-13-23(14-10-21)39(35,36)31(20-7-3-18(26)4-8-20)17-24(32)29-19-5-11-22(12-6-19)38(33,34)30-25-27-15-2-16-28-25/h2-16H,17H2,1H3,(H,29,32)(H,27,28,30). The SMILES string of the molecule is COc1ccc(S(=O)(=O)N(CC(=O)Nc2ccc(S(=O)(=O)Nc3ncccn3)cc2)c2ccc(Cl)cc2)cc1. The molecule has 0 fully saturated rings. The number of hydrogen-bond donors (Lipinski definition) is 2. The Morgan fingerprint density at radius 3 is 2.05 bits per heavy atom. The van der Waals surface area contributed by atoms with Crippen LogP contribution in [0.15, 0.2) is 101 Å². The number of rotatable bonds is 10. The molecule has 11 nitrogen and oxygen atoms in total. The van der Waals surface area contributed by atoms with Gasteiger partial charge in [-0.1, -0.05) is 11.6 Å². The van der Waals surface area contributed by atoms with Crippen LogP contribution in [0, 0.1) is 0 Å². The number of carbonyl (C=O) groups excluding carboxylic acids is 1. The maximum atomic E-state index is 13.5. The lowest BCUT2D eigenvalue weighted by Gasteiger charge is -2.24. The van der Waals surface area contributed by atoms with Crippen LogP contribution in [0.3, 0.4) is 0 Å². The van der Waals surface area contributed by atoms with Gasteiger partial charge in [0.05, 0.1) is 22.6 Å². The van der Waals surface area contributed by atoms with E-state index in [1.165, 1.54) is 92.3 Å². The van der Waals surface area contributed by atoms with E-state index in [-0.39, 0.29) is 27.1 Å². The number of aromatic nitrogens is 2. The van der Waals surface area contributed by atoms with Gasteiger partial charge in [-0.3, -0.25) is 9.10 Å². The van der Waals surface area contributed by atoms with E-state index >= 15 is 0 Å². The molecule has 0 aliphatic rings. The van der Waals surface area contributed by atoms with Crippen LogP contribution in [0.25, 0.3) is 0 Å². The largest absolute Gasteiger partial charge is 0.497 e. The first-order valence-corrected chi connectivity index (χ1v) is 14.5. The molecule has 0 bridgehead atoms. The summed E-state index contributed by atoms with van der Waals surface area (Å²) in [4.78, 5) is 20.5. The van der Waals surface area contributed by atoms with Gasteiger partial charge in [-0.2, -0.15) is 0 Å². The van der Waals surface area contributed by atoms with Crippen molar-refractivity contribution in [3.05, 3.63) is 96.3 Å². The van der Waals surface area contributed by atoms with Gasteiger partial charge in [0.1, 0.15) is 12.3 Å². The highest BCUT2D eigenvalue weighted by atomic mass is 35.5. The molecule has 2 N–H and O–H groups in total. The fourth-order valence-corrected chi connectivity index (χ4v) is 5.88. The van der Waals surface area contributed by atoms with Crippen LogP contribution in [0.1, 0.15) is 0 Å². The van der Waals surface area contributed by atoms with Crippen LogP contribution in [0.5, 0.6) is 5.75 Å². The Morgan fingerprint density at radius 1 is 0.872 bits per heavy atom. The van der Waals surface area contributed by atoms with Gasteiger partial charge in [0.25, 0.3) is 20.0 Å². The zero-order valence-electron chi connectivity index (χ0n) is 20.4. The van der Waals surface area contributed by atoms with Crippen molar-refractivity contribution >= 4 is 54.9 Å². The lowest BCUT2D eigenvalue weighted by molar-refractivity contribution is -0.114. The Kier molecular flexibility index (Phi) is 8.33. The average Bonchev–Trinajstić information content (AvgIpc) is 2.93. The molecule has 1 heterocycles. The number of hydrogen-bond acceptors (Lipinski definition) is 8. The summed E-state index contributed by atoms with van der Waals surface area (Å²) >= 11 is 5.97. The number of amides is 1. The Hall–Kier alpha value is -4.20. The molecule has 0 saturated heterocycles. The van der Waals surface area contributed by atoms with Crippen molar-refractivity contribution in [2.45, 2.75) is 9.79 Å². The van der Waals surface area contributed by atoms with E-state index in [1.54, 1.807) is 6.07 Å². The third-order valence-corrected chi connectivity index (χ3v) is 8.67. The lowest BCUT2D eigenvalue weighted by atomic mass is 10.3. The molecule has 4 rings (SSSR count). The number of methoxy groups -OCH3 is 1. The molecule has 1 aromatic heterocycles. The zero-order valence-corrected chi connectivity index (χ0v) is 22.7. The first-order chi connectivity index (χ1) is 18.6. The number of carbonyl (C=O) groups is 1. The predicted octanol–water partition coefficient (Wildman–Crippen LogP) is 3.77. The van der Waals surface area contributed by atoms with E-state index in [0.717, 1.165) is 4.31 Å². The van der Waals surface area contributed by atoms with Crippen LogP contribution < -0.4 is 19.1 Å². The highest BCUT2D eigenvalue weighted by Gasteiger charge is 2.27. The number of nitrogens with one attached hydrogen (secondary N) is 2. The molecule has 0 spiro atoms. The van der Waals surface area contributed by atoms with E-state index in [9.17, 15) is 21.6 Å². The summed E-state index contributed by atoms with van der Waals surface area (Å²) < 4.78 is 60.4. The minimum atomic E-state index is -4.16. The van der Waals surface area contributed by atoms with Crippen molar-refractivity contribution in [1.82, 2.24) is 9.97 Å². The van der Waals surface area contributed by atoms with Gasteiger partial charge in [-0.25, -0.2) is 31.5 Å². The normalized spacial score (nSPS) is 11.4. The minimum Gasteiger partial charge on any atom is -0.497 e. The van der Waals surface area contributed by atoms with Crippen LogP contribution in [-0.4, -0.2) is 46.4 Å². The molecule has 0 radical (unpaired) electrons. The Labute approximate surface area is 230 Å². The number of nitrogens with zero attached hydrogens (tertiary/aromatic N) is 3. The second kappa shape index (κ2) is 11.7. The molecule has 0 aliphatic carbocycles. The summed E-state index contributed by atoms with van der Waals surface area (Å²) in [6.45, 7) is -0.567. The van der Waals surface area contributed by atoms with Gasteiger partial charge < -0.3 is 10.1 Å². The summed E-state index contributed by atoms with van der Waals surface area (Å²) in [5.74, 6) is -0.273. The van der Waals surface area contributed by atoms with Crippen LogP contribution in [0.4, 0.5) is 17.3 Å². The lowest BCUT2D eigenvalue weighted by Crippen LogP contribution is -2.38. The second-order valence-electron chi connectivity index (χ2n) is 7.91. The molecule has 202 valence electrons. The fourth-order valence-electron chi connectivity index (χ4n) is 3.38. The minimum absolute atomic E-state index is 0.0458. The van der Waals surface area contributed by atoms with Crippen molar-refractivity contribution in [2.75, 3.05) is 28.0 Å². The van der Waals surface area contributed by atoms with Gasteiger partial charge in [0.15, 0.2) is 0 Å². The second-order valence-corrected chi connectivity index (χ2v) is 11.9. The molecular formula is C25H22ClN5O6S2. The summed E-state index contributed by atoms with van der Waals surface area (Å²) in [6.07, 6.45) is 2.79. The van der Waals surface area contributed by atoms with Crippen molar-refractivity contribution in [3.8, 4) is 5.75 Å². The number of sulfonamides is 2. The molecule has 39 heavy (non-hydrogen) atoms. The molecule has 14 heteroatoms. The van der Waals surface area contributed by atoms with Gasteiger partial charge in [-0.15, -0.1) is 0 Å². The highest BCUT2D eigenvalue weighted by molar-refractivity contribution is 7.93. The molecule has 0 unspecified atom stereocenters. The van der Waals surface area contributed by atoms with Crippen LogP contribution >= 0.6 is 11.6 Å². The van der Waals surface area contributed by atoms with Gasteiger partial charge in [-0.05, 0) is 78.9 Å². The van der Waals surface area contributed by atoms with Crippen molar-refractivity contribution in [1.29, 1.82) is 0 Å². The third kappa shape index (κ3) is 6.82. The summed E-state index contributed by atoms with van der Waals surface area (Å²) in [7, 11) is -6.67. The quantitative estimate of drug-likeness (QED) is 0.285. The Balaban J connectivity index is 1.53. The van der Waals surface area contributed by atoms with Crippen LogP contribution in [-0.2, 0) is 24.8 Å². The van der Waals surface area contributed by atoms with E-state index < -0.39 is 32.5 Å². The van der Waals surface area contributed by atoms with Gasteiger partial charge >= 0.3 is 0 Å². The predicted molar refractivity (Wildman–Crippen MR) is 147 cm³/mol. The highest BCUT2D eigenvalue weighted by Crippen LogP contribution is 2.26. The van der Waals surface area contributed by atoms with E-state index in [2.05, 4.69) is 20.0 Å². The first kappa shape index (κ1) is 27.8. The van der Waals surface area contributed by atoms with E-state index in [0.29, 0.717) is 10.8 Å². The van der Waals surface area contributed by atoms with Gasteiger partial charge in [0.2, 0.25) is 11.9 Å². The molecule has 3 aromatic carbocycles. The number of anilines is 3. The average molecular weight is 588 g/mol. The Morgan fingerprint density at radius 2 is 1.46 bits per heavy atom. The van der Waals surface area contributed by atoms with Gasteiger partial charge in [0, 0.05) is 23.1 Å².